The van der Waals surface area contributed by atoms with Crippen LogP contribution in [0.5, 0.6) is 0 Å². The first-order valence-corrected chi connectivity index (χ1v) is 6.97. The number of carboxylic acid groups (broad SMARTS) is 1. The van der Waals surface area contributed by atoms with Gasteiger partial charge in [0.25, 0.3) is 5.91 Å². The van der Waals surface area contributed by atoms with E-state index in [-0.39, 0.29) is 11.8 Å². The third kappa shape index (κ3) is 2.24. The summed E-state index contributed by atoms with van der Waals surface area (Å²) in [5.74, 6) is -1.29. The summed E-state index contributed by atoms with van der Waals surface area (Å²) >= 11 is 0. The maximum atomic E-state index is 12.7. The van der Waals surface area contributed by atoms with E-state index in [2.05, 4.69) is 4.98 Å². The fraction of sp³-hybridized carbons (Fsp3) is 0.312. The van der Waals surface area contributed by atoms with Crippen molar-refractivity contribution in [1.29, 1.82) is 0 Å². The number of hydrogen-bond donors (Lipinski definition) is 1. The molecule has 1 amide bonds. The molecule has 1 fully saturated rings. The van der Waals surface area contributed by atoms with Crippen molar-refractivity contribution in [3.8, 4) is 0 Å². The first-order valence-electron chi connectivity index (χ1n) is 6.97. The number of amides is 1. The summed E-state index contributed by atoms with van der Waals surface area (Å²) in [5, 5.41) is 11.0. The normalized spacial score (nSPS) is 21.7. The van der Waals surface area contributed by atoms with Crippen molar-refractivity contribution in [2.24, 2.45) is 5.92 Å². The van der Waals surface area contributed by atoms with Gasteiger partial charge in [0.15, 0.2) is 0 Å². The molecule has 0 spiro atoms. The van der Waals surface area contributed by atoms with E-state index in [1.807, 2.05) is 37.3 Å². The van der Waals surface area contributed by atoms with E-state index in [0.29, 0.717) is 18.7 Å². The predicted octanol–water partition coefficient (Wildman–Crippen LogP) is 2.17. The van der Waals surface area contributed by atoms with E-state index in [0.717, 1.165) is 10.8 Å². The Morgan fingerprint density at radius 1 is 1.29 bits per heavy atom. The topological polar surface area (TPSA) is 70.5 Å². The van der Waals surface area contributed by atoms with Crippen LogP contribution in [-0.2, 0) is 4.79 Å². The van der Waals surface area contributed by atoms with Gasteiger partial charge in [0.2, 0.25) is 0 Å². The fourth-order valence-corrected chi connectivity index (χ4v) is 2.98. The van der Waals surface area contributed by atoms with Gasteiger partial charge in [0, 0.05) is 18.1 Å². The Bertz CT molecular complexity index is 708. The van der Waals surface area contributed by atoms with Crippen molar-refractivity contribution in [3.63, 3.8) is 0 Å². The number of carboxylic acids is 1. The Balaban J connectivity index is 2.03. The summed E-state index contributed by atoms with van der Waals surface area (Å²) in [6.45, 7) is 2.32. The zero-order valence-corrected chi connectivity index (χ0v) is 11.7. The van der Waals surface area contributed by atoms with Crippen molar-refractivity contribution in [1.82, 2.24) is 9.88 Å². The number of aliphatic carboxylic acids is 1. The minimum absolute atomic E-state index is 0.0403. The number of likely N-dealkylation sites (tertiary alicyclic amines) is 1. The lowest BCUT2D eigenvalue weighted by atomic mass is 10.0. The van der Waals surface area contributed by atoms with Crippen LogP contribution in [0.4, 0.5) is 0 Å². The second-order valence-electron chi connectivity index (χ2n) is 5.43. The van der Waals surface area contributed by atoms with Crippen LogP contribution in [0, 0.1) is 5.92 Å². The van der Waals surface area contributed by atoms with Gasteiger partial charge < -0.3 is 10.0 Å². The number of rotatable bonds is 2. The molecule has 0 bridgehead atoms. The zero-order valence-electron chi connectivity index (χ0n) is 11.7. The lowest BCUT2D eigenvalue weighted by Gasteiger charge is -2.23. The number of hydrogen-bond acceptors (Lipinski definition) is 3. The molecule has 21 heavy (non-hydrogen) atoms. The largest absolute Gasteiger partial charge is 0.480 e. The molecule has 1 N–H and O–H groups in total. The SMILES string of the molecule is CC1CCN(C(=O)c2nccc3ccccc23)C1C(=O)O. The first kappa shape index (κ1) is 13.5. The highest BCUT2D eigenvalue weighted by atomic mass is 16.4. The lowest BCUT2D eigenvalue weighted by Crippen LogP contribution is -2.43. The Kier molecular flexibility index (Phi) is 3.33. The van der Waals surface area contributed by atoms with Gasteiger partial charge in [-0.1, -0.05) is 31.2 Å². The number of pyridine rings is 1. The molecule has 1 aromatic carbocycles. The van der Waals surface area contributed by atoms with Gasteiger partial charge in [-0.15, -0.1) is 0 Å². The van der Waals surface area contributed by atoms with Crippen LogP contribution in [0.1, 0.15) is 23.8 Å². The van der Waals surface area contributed by atoms with Gasteiger partial charge in [-0.25, -0.2) is 4.79 Å². The Morgan fingerprint density at radius 2 is 2.05 bits per heavy atom. The Labute approximate surface area is 122 Å². The van der Waals surface area contributed by atoms with Gasteiger partial charge in [-0.05, 0) is 23.8 Å². The summed E-state index contributed by atoms with van der Waals surface area (Å²) in [6.07, 6.45) is 2.29. The van der Waals surface area contributed by atoms with Crippen molar-refractivity contribution in [3.05, 3.63) is 42.2 Å². The quantitative estimate of drug-likeness (QED) is 0.917. The minimum Gasteiger partial charge on any atom is -0.480 e. The summed E-state index contributed by atoms with van der Waals surface area (Å²) < 4.78 is 0. The molecular formula is C16H16N2O3. The van der Waals surface area contributed by atoms with Gasteiger partial charge in [0.1, 0.15) is 11.7 Å². The van der Waals surface area contributed by atoms with Gasteiger partial charge >= 0.3 is 5.97 Å². The van der Waals surface area contributed by atoms with Crippen LogP contribution < -0.4 is 0 Å². The molecule has 0 radical (unpaired) electrons. The number of benzene rings is 1. The molecule has 1 aliphatic rings. The first-order chi connectivity index (χ1) is 10.1. The minimum atomic E-state index is -0.950. The molecule has 2 heterocycles. The van der Waals surface area contributed by atoms with E-state index in [1.54, 1.807) is 6.20 Å². The average Bonchev–Trinajstić information content (AvgIpc) is 2.88. The van der Waals surface area contributed by atoms with Crippen LogP contribution in [-0.4, -0.2) is 39.5 Å². The van der Waals surface area contributed by atoms with E-state index < -0.39 is 12.0 Å². The van der Waals surface area contributed by atoms with E-state index in [1.165, 1.54) is 4.90 Å². The van der Waals surface area contributed by atoms with Crippen LogP contribution in [0.25, 0.3) is 10.8 Å². The third-order valence-corrected chi connectivity index (χ3v) is 4.09. The molecule has 108 valence electrons. The summed E-state index contributed by atoms with van der Waals surface area (Å²) in [5.41, 5.74) is 0.327. The van der Waals surface area contributed by atoms with E-state index in [9.17, 15) is 14.7 Å². The van der Waals surface area contributed by atoms with Crippen LogP contribution >= 0.6 is 0 Å². The molecule has 1 aromatic heterocycles. The molecule has 0 saturated carbocycles. The molecule has 1 saturated heterocycles. The molecular weight excluding hydrogens is 268 g/mol. The number of carbonyl (C=O) groups is 2. The van der Waals surface area contributed by atoms with Crippen LogP contribution in [0.3, 0.4) is 0 Å². The molecule has 5 nitrogen and oxygen atoms in total. The monoisotopic (exact) mass is 284 g/mol. The molecule has 1 aliphatic heterocycles. The van der Waals surface area contributed by atoms with E-state index >= 15 is 0 Å². The molecule has 0 aliphatic carbocycles. The van der Waals surface area contributed by atoms with Crippen molar-refractivity contribution in [2.75, 3.05) is 6.54 Å². The Hall–Kier alpha value is -2.43. The predicted molar refractivity (Wildman–Crippen MR) is 78.0 cm³/mol. The molecule has 2 unspecified atom stereocenters. The maximum absolute atomic E-state index is 12.7. The number of fused-ring (bicyclic) bond motifs is 1. The zero-order chi connectivity index (χ0) is 15.0. The van der Waals surface area contributed by atoms with Crippen LogP contribution in [0.15, 0.2) is 36.5 Å². The highest BCUT2D eigenvalue weighted by Crippen LogP contribution is 2.27. The summed E-state index contributed by atoms with van der Waals surface area (Å²) in [7, 11) is 0. The number of aromatic nitrogens is 1. The molecule has 5 heteroatoms. The standard InChI is InChI=1S/C16H16N2O3/c1-10-7-9-18(14(10)16(20)21)15(19)13-12-5-3-2-4-11(12)6-8-17-13/h2-6,8,10,14H,7,9H2,1H3,(H,20,21). The summed E-state index contributed by atoms with van der Waals surface area (Å²) in [4.78, 5) is 29.7. The van der Waals surface area contributed by atoms with Gasteiger partial charge in [-0.3, -0.25) is 9.78 Å². The van der Waals surface area contributed by atoms with Crippen LogP contribution in [0.2, 0.25) is 0 Å². The summed E-state index contributed by atoms with van der Waals surface area (Å²) in [6, 6.07) is 8.57. The number of carbonyl (C=O) groups excluding carboxylic acids is 1. The maximum Gasteiger partial charge on any atom is 0.326 e. The highest BCUT2D eigenvalue weighted by molar-refractivity contribution is 6.06. The highest BCUT2D eigenvalue weighted by Gasteiger charge is 2.40. The fourth-order valence-electron chi connectivity index (χ4n) is 2.98. The average molecular weight is 284 g/mol. The van der Waals surface area contributed by atoms with Crippen molar-refractivity contribution in [2.45, 2.75) is 19.4 Å². The van der Waals surface area contributed by atoms with Gasteiger partial charge in [-0.2, -0.15) is 0 Å². The Morgan fingerprint density at radius 3 is 2.81 bits per heavy atom. The van der Waals surface area contributed by atoms with Crippen molar-refractivity contribution < 1.29 is 14.7 Å². The molecule has 2 atom stereocenters. The second-order valence-corrected chi connectivity index (χ2v) is 5.43. The number of nitrogens with zero attached hydrogens (tertiary/aromatic N) is 2. The third-order valence-electron chi connectivity index (χ3n) is 4.09. The van der Waals surface area contributed by atoms with E-state index in [4.69, 9.17) is 0 Å². The smallest absolute Gasteiger partial charge is 0.326 e. The molecule has 3 rings (SSSR count). The second kappa shape index (κ2) is 5.16. The lowest BCUT2D eigenvalue weighted by molar-refractivity contribution is -0.142. The van der Waals surface area contributed by atoms with Crippen molar-refractivity contribution >= 4 is 22.6 Å². The molecule has 2 aromatic rings. The van der Waals surface area contributed by atoms with Gasteiger partial charge in [0.05, 0.1) is 0 Å².